The van der Waals surface area contributed by atoms with Crippen molar-refractivity contribution in [3.8, 4) is 11.4 Å². The molecule has 1 saturated heterocycles. The molecule has 0 unspecified atom stereocenters. The number of likely N-dealkylation sites (tertiary alicyclic amines) is 1. The number of anilines is 1. The van der Waals surface area contributed by atoms with Crippen LogP contribution >= 0.6 is 0 Å². The molecule has 28 heavy (non-hydrogen) atoms. The van der Waals surface area contributed by atoms with Gasteiger partial charge in [-0.2, -0.15) is 4.98 Å². The minimum atomic E-state index is -0.770. The molecule has 2 aromatic carbocycles. The van der Waals surface area contributed by atoms with Crippen LogP contribution in [0.15, 0.2) is 47.0 Å². The number of nitrogens with one attached hydrogen (secondary N) is 1. The molecule has 2 heterocycles. The zero-order valence-corrected chi connectivity index (χ0v) is 15.2. The Bertz CT molecular complexity index is 1020. The molecule has 0 spiro atoms. The molecule has 4 rings (SSSR count). The highest BCUT2D eigenvalue weighted by atomic mass is 19.1. The van der Waals surface area contributed by atoms with Crippen molar-refractivity contribution in [2.45, 2.75) is 25.8 Å². The van der Waals surface area contributed by atoms with E-state index in [1.165, 1.54) is 6.07 Å². The van der Waals surface area contributed by atoms with Crippen molar-refractivity contribution in [2.24, 2.45) is 0 Å². The SMILES string of the molecule is Cc1ccccc1NC(=O)N1CCC[C@H]1c1nc(-c2ccc(F)cc2F)no1. The fourth-order valence-corrected chi connectivity index (χ4v) is 3.32. The Morgan fingerprint density at radius 2 is 2.07 bits per heavy atom. The minimum absolute atomic E-state index is 0.0265. The molecule has 1 fully saturated rings. The molecular formula is C20H18F2N4O2. The van der Waals surface area contributed by atoms with Gasteiger partial charge in [-0.3, -0.25) is 0 Å². The Morgan fingerprint density at radius 3 is 2.86 bits per heavy atom. The topological polar surface area (TPSA) is 71.3 Å². The van der Waals surface area contributed by atoms with Crippen LogP contribution < -0.4 is 5.32 Å². The predicted molar refractivity (Wildman–Crippen MR) is 98.5 cm³/mol. The molecule has 2 amide bonds. The van der Waals surface area contributed by atoms with E-state index < -0.39 is 17.7 Å². The number of carbonyl (C=O) groups is 1. The molecule has 8 heteroatoms. The van der Waals surface area contributed by atoms with Gasteiger partial charge in [0.2, 0.25) is 11.7 Å². The number of amides is 2. The summed E-state index contributed by atoms with van der Waals surface area (Å²) in [7, 11) is 0. The van der Waals surface area contributed by atoms with Crippen molar-refractivity contribution in [3.05, 3.63) is 65.6 Å². The molecule has 0 saturated carbocycles. The van der Waals surface area contributed by atoms with E-state index in [0.717, 1.165) is 29.8 Å². The summed E-state index contributed by atoms with van der Waals surface area (Å²) in [4.78, 5) is 18.6. The van der Waals surface area contributed by atoms with E-state index in [1.54, 1.807) is 4.90 Å². The number of aryl methyl sites for hydroxylation is 1. The van der Waals surface area contributed by atoms with Gasteiger partial charge in [0, 0.05) is 18.3 Å². The van der Waals surface area contributed by atoms with Gasteiger partial charge in [0.1, 0.15) is 17.7 Å². The molecule has 1 aromatic heterocycles. The first-order valence-corrected chi connectivity index (χ1v) is 8.95. The van der Waals surface area contributed by atoms with Crippen LogP contribution in [0.1, 0.15) is 30.3 Å². The highest BCUT2D eigenvalue weighted by Crippen LogP contribution is 2.33. The number of carbonyl (C=O) groups excluding carboxylic acids is 1. The van der Waals surface area contributed by atoms with Gasteiger partial charge >= 0.3 is 6.03 Å². The van der Waals surface area contributed by atoms with E-state index in [-0.39, 0.29) is 23.3 Å². The predicted octanol–water partition coefficient (Wildman–Crippen LogP) is 4.69. The summed E-state index contributed by atoms with van der Waals surface area (Å²) in [5.74, 6) is -1.19. The molecule has 6 nitrogen and oxygen atoms in total. The van der Waals surface area contributed by atoms with E-state index >= 15 is 0 Å². The largest absolute Gasteiger partial charge is 0.337 e. The Balaban J connectivity index is 1.55. The van der Waals surface area contributed by atoms with Gasteiger partial charge in [0.25, 0.3) is 0 Å². The summed E-state index contributed by atoms with van der Waals surface area (Å²) in [6.45, 7) is 2.46. The van der Waals surface area contributed by atoms with Crippen LogP contribution in [-0.2, 0) is 0 Å². The maximum absolute atomic E-state index is 14.0. The highest BCUT2D eigenvalue weighted by molar-refractivity contribution is 5.90. The van der Waals surface area contributed by atoms with E-state index in [0.29, 0.717) is 13.0 Å². The van der Waals surface area contributed by atoms with Gasteiger partial charge in [0.05, 0.1) is 5.56 Å². The third kappa shape index (κ3) is 3.45. The van der Waals surface area contributed by atoms with Crippen LogP contribution in [-0.4, -0.2) is 27.6 Å². The Labute approximate surface area is 160 Å². The quantitative estimate of drug-likeness (QED) is 0.711. The van der Waals surface area contributed by atoms with Crippen LogP contribution in [0.3, 0.4) is 0 Å². The fraction of sp³-hybridized carbons (Fsp3) is 0.250. The van der Waals surface area contributed by atoms with Crippen LogP contribution in [0.25, 0.3) is 11.4 Å². The zero-order valence-electron chi connectivity index (χ0n) is 15.2. The summed E-state index contributed by atoms with van der Waals surface area (Å²) in [5, 5.41) is 6.71. The summed E-state index contributed by atoms with van der Waals surface area (Å²) in [6, 6.07) is 10.0. The number of hydrogen-bond acceptors (Lipinski definition) is 4. The Morgan fingerprint density at radius 1 is 1.25 bits per heavy atom. The van der Waals surface area contributed by atoms with E-state index in [2.05, 4.69) is 15.5 Å². The number of para-hydroxylation sites is 1. The van der Waals surface area contributed by atoms with Gasteiger partial charge in [-0.1, -0.05) is 23.4 Å². The second-order valence-electron chi connectivity index (χ2n) is 6.68. The number of urea groups is 1. The fourth-order valence-electron chi connectivity index (χ4n) is 3.32. The Hall–Kier alpha value is -3.29. The lowest BCUT2D eigenvalue weighted by Crippen LogP contribution is -2.34. The monoisotopic (exact) mass is 384 g/mol. The maximum atomic E-state index is 14.0. The number of hydrogen-bond donors (Lipinski definition) is 1. The van der Waals surface area contributed by atoms with Crippen LogP contribution in [0, 0.1) is 18.6 Å². The van der Waals surface area contributed by atoms with Crippen LogP contribution in [0.2, 0.25) is 0 Å². The lowest BCUT2D eigenvalue weighted by molar-refractivity contribution is 0.193. The number of nitrogens with zero attached hydrogens (tertiary/aromatic N) is 3. The van der Waals surface area contributed by atoms with Crippen molar-refractivity contribution in [1.82, 2.24) is 15.0 Å². The zero-order chi connectivity index (χ0) is 19.7. The second kappa shape index (κ2) is 7.38. The smallest absolute Gasteiger partial charge is 0.322 e. The Kier molecular flexibility index (Phi) is 4.77. The van der Waals surface area contributed by atoms with Gasteiger partial charge in [-0.25, -0.2) is 13.6 Å². The molecule has 1 aliphatic rings. The van der Waals surface area contributed by atoms with E-state index in [4.69, 9.17) is 4.52 Å². The van der Waals surface area contributed by atoms with Gasteiger partial charge in [-0.05, 0) is 43.5 Å². The minimum Gasteiger partial charge on any atom is -0.337 e. The van der Waals surface area contributed by atoms with Gasteiger partial charge < -0.3 is 14.7 Å². The van der Waals surface area contributed by atoms with Crippen molar-refractivity contribution < 1.29 is 18.1 Å². The second-order valence-corrected chi connectivity index (χ2v) is 6.68. The van der Waals surface area contributed by atoms with Gasteiger partial charge in [0.15, 0.2) is 0 Å². The van der Waals surface area contributed by atoms with Crippen molar-refractivity contribution >= 4 is 11.7 Å². The summed E-state index contributed by atoms with van der Waals surface area (Å²) >= 11 is 0. The molecular weight excluding hydrogens is 366 g/mol. The molecule has 0 radical (unpaired) electrons. The number of aromatic nitrogens is 2. The average molecular weight is 384 g/mol. The molecule has 3 aromatic rings. The number of benzene rings is 2. The van der Waals surface area contributed by atoms with Crippen molar-refractivity contribution in [1.29, 1.82) is 0 Å². The normalized spacial score (nSPS) is 16.4. The van der Waals surface area contributed by atoms with E-state index in [1.807, 2.05) is 31.2 Å². The first-order chi connectivity index (χ1) is 13.5. The molecule has 1 N–H and O–H groups in total. The van der Waals surface area contributed by atoms with Crippen molar-refractivity contribution in [2.75, 3.05) is 11.9 Å². The standard InChI is InChI=1S/C20H18F2N4O2/c1-12-5-2-3-6-16(12)23-20(27)26-10-4-7-17(26)19-24-18(25-28-19)14-9-8-13(21)11-15(14)22/h2-3,5-6,8-9,11,17H,4,7,10H2,1H3,(H,23,27)/t17-/m0/s1. The lowest BCUT2D eigenvalue weighted by Gasteiger charge is -2.22. The molecule has 144 valence electrons. The van der Waals surface area contributed by atoms with Gasteiger partial charge in [-0.15, -0.1) is 0 Å². The molecule has 1 atom stereocenters. The summed E-state index contributed by atoms with van der Waals surface area (Å²) < 4.78 is 32.4. The lowest BCUT2D eigenvalue weighted by atomic mass is 10.2. The number of rotatable bonds is 3. The molecule has 0 aliphatic carbocycles. The first kappa shape index (κ1) is 18.1. The molecule has 0 bridgehead atoms. The summed E-state index contributed by atoms with van der Waals surface area (Å²) in [5.41, 5.74) is 1.74. The third-order valence-electron chi connectivity index (χ3n) is 4.80. The average Bonchev–Trinajstić information content (AvgIpc) is 3.32. The number of halogens is 2. The van der Waals surface area contributed by atoms with Crippen LogP contribution in [0.5, 0.6) is 0 Å². The first-order valence-electron chi connectivity index (χ1n) is 8.95. The maximum Gasteiger partial charge on any atom is 0.322 e. The third-order valence-corrected chi connectivity index (χ3v) is 4.80. The van der Waals surface area contributed by atoms with Crippen molar-refractivity contribution in [3.63, 3.8) is 0 Å². The van der Waals surface area contributed by atoms with E-state index in [9.17, 15) is 13.6 Å². The highest BCUT2D eigenvalue weighted by Gasteiger charge is 2.34. The van der Waals surface area contributed by atoms with Crippen LogP contribution in [0.4, 0.5) is 19.3 Å². The summed E-state index contributed by atoms with van der Waals surface area (Å²) in [6.07, 6.45) is 1.45. The molecule has 1 aliphatic heterocycles.